The van der Waals surface area contributed by atoms with E-state index in [0.29, 0.717) is 11.6 Å². The van der Waals surface area contributed by atoms with Crippen molar-refractivity contribution >= 4 is 29.3 Å². The number of ether oxygens (including phenoxy) is 1. The van der Waals surface area contributed by atoms with Gasteiger partial charge >= 0.3 is 0 Å². The molecule has 1 aromatic rings. The van der Waals surface area contributed by atoms with Crippen LogP contribution in [-0.4, -0.2) is 29.1 Å². The van der Waals surface area contributed by atoms with Crippen LogP contribution in [0.15, 0.2) is 24.3 Å². The molecule has 1 N–H and O–H groups in total. The Labute approximate surface area is 130 Å². The van der Waals surface area contributed by atoms with Crippen LogP contribution in [0.3, 0.4) is 0 Å². The summed E-state index contributed by atoms with van der Waals surface area (Å²) in [6.45, 7) is 8.41. The zero-order chi connectivity index (χ0) is 15.2. The molecule has 1 unspecified atom stereocenters. The van der Waals surface area contributed by atoms with E-state index in [0.717, 1.165) is 11.5 Å². The second-order valence-corrected chi connectivity index (χ2v) is 7.44. The fourth-order valence-electron chi connectivity index (χ4n) is 1.46. The molecule has 0 heterocycles. The van der Waals surface area contributed by atoms with Crippen LogP contribution in [0.25, 0.3) is 0 Å². The number of carbonyl (C=O) groups excluding carboxylic acids is 1. The second-order valence-electron chi connectivity index (χ2n) is 5.55. The summed E-state index contributed by atoms with van der Waals surface area (Å²) < 4.78 is 5.58. The van der Waals surface area contributed by atoms with Crippen LogP contribution in [0.1, 0.15) is 27.7 Å². The van der Waals surface area contributed by atoms with Crippen LogP contribution in [0, 0.1) is 0 Å². The van der Waals surface area contributed by atoms with E-state index in [1.165, 1.54) is 0 Å². The highest BCUT2D eigenvalue weighted by atomic mass is 35.5. The standard InChI is InChI=1S/C15H22ClNO2S/c1-11(14(18)17-15(2,3)4)20-10-9-19-13-7-5-12(16)6-8-13/h5-8,11H,9-10H2,1-4H3,(H,17,18). The van der Waals surface area contributed by atoms with E-state index in [1.807, 2.05) is 39.8 Å². The van der Waals surface area contributed by atoms with Crippen LogP contribution in [-0.2, 0) is 4.79 Å². The monoisotopic (exact) mass is 315 g/mol. The Kier molecular flexibility index (Phi) is 6.69. The lowest BCUT2D eigenvalue weighted by Gasteiger charge is -2.23. The van der Waals surface area contributed by atoms with Gasteiger partial charge in [-0.15, -0.1) is 11.8 Å². The topological polar surface area (TPSA) is 38.3 Å². The summed E-state index contributed by atoms with van der Waals surface area (Å²) in [5.74, 6) is 1.62. The van der Waals surface area contributed by atoms with Gasteiger partial charge in [0.1, 0.15) is 5.75 Å². The zero-order valence-electron chi connectivity index (χ0n) is 12.4. The SMILES string of the molecule is CC(SCCOc1ccc(Cl)cc1)C(=O)NC(C)(C)C. The van der Waals surface area contributed by atoms with Crippen molar-refractivity contribution in [3.8, 4) is 5.75 Å². The Morgan fingerprint density at radius 3 is 2.50 bits per heavy atom. The predicted octanol–water partition coefficient (Wildman–Crippen LogP) is 3.76. The van der Waals surface area contributed by atoms with Crippen molar-refractivity contribution in [2.24, 2.45) is 0 Å². The molecular formula is C15H22ClNO2S. The van der Waals surface area contributed by atoms with E-state index in [9.17, 15) is 4.79 Å². The number of nitrogens with one attached hydrogen (secondary N) is 1. The molecule has 0 radical (unpaired) electrons. The average Bonchev–Trinajstić information content (AvgIpc) is 2.34. The van der Waals surface area contributed by atoms with E-state index in [2.05, 4.69) is 5.32 Å². The molecule has 3 nitrogen and oxygen atoms in total. The third-order valence-corrected chi connectivity index (χ3v) is 3.77. The zero-order valence-corrected chi connectivity index (χ0v) is 14.0. The quantitative estimate of drug-likeness (QED) is 0.812. The highest BCUT2D eigenvalue weighted by Gasteiger charge is 2.19. The molecule has 0 bridgehead atoms. The number of benzene rings is 1. The maximum atomic E-state index is 11.9. The van der Waals surface area contributed by atoms with Crippen LogP contribution in [0.4, 0.5) is 0 Å². The minimum atomic E-state index is -0.189. The molecule has 1 amide bonds. The Balaban J connectivity index is 2.23. The Hall–Kier alpha value is -0.870. The fourth-order valence-corrected chi connectivity index (χ4v) is 2.33. The van der Waals surface area contributed by atoms with Crippen molar-refractivity contribution in [3.05, 3.63) is 29.3 Å². The Bertz CT molecular complexity index is 428. The van der Waals surface area contributed by atoms with Gasteiger partial charge in [-0.05, 0) is 52.0 Å². The number of rotatable bonds is 6. The van der Waals surface area contributed by atoms with Crippen LogP contribution < -0.4 is 10.1 Å². The van der Waals surface area contributed by atoms with Crippen molar-refractivity contribution in [2.45, 2.75) is 38.5 Å². The second kappa shape index (κ2) is 7.79. The lowest BCUT2D eigenvalue weighted by molar-refractivity contribution is -0.121. The molecular weight excluding hydrogens is 294 g/mol. The number of hydrogen-bond acceptors (Lipinski definition) is 3. The molecule has 0 aliphatic rings. The first-order chi connectivity index (χ1) is 9.28. The molecule has 1 aromatic carbocycles. The summed E-state index contributed by atoms with van der Waals surface area (Å²) in [7, 11) is 0. The van der Waals surface area contributed by atoms with Crippen LogP contribution in [0.2, 0.25) is 5.02 Å². The molecule has 0 fully saturated rings. The third-order valence-electron chi connectivity index (χ3n) is 2.40. The molecule has 0 saturated heterocycles. The molecule has 0 aromatic heterocycles. The third kappa shape index (κ3) is 7.06. The smallest absolute Gasteiger partial charge is 0.233 e. The summed E-state index contributed by atoms with van der Waals surface area (Å²) in [6, 6.07) is 7.26. The van der Waals surface area contributed by atoms with Crippen molar-refractivity contribution in [1.82, 2.24) is 5.32 Å². The van der Waals surface area contributed by atoms with Crippen molar-refractivity contribution in [3.63, 3.8) is 0 Å². The Morgan fingerprint density at radius 1 is 1.35 bits per heavy atom. The van der Waals surface area contributed by atoms with Crippen molar-refractivity contribution < 1.29 is 9.53 Å². The largest absolute Gasteiger partial charge is 0.493 e. The van der Waals surface area contributed by atoms with Gasteiger partial charge in [0, 0.05) is 16.3 Å². The molecule has 0 saturated carbocycles. The summed E-state index contributed by atoms with van der Waals surface area (Å²) in [4.78, 5) is 11.9. The normalized spacial score (nSPS) is 12.8. The molecule has 0 aliphatic heterocycles. The van der Waals surface area contributed by atoms with Gasteiger partial charge < -0.3 is 10.1 Å². The molecule has 5 heteroatoms. The summed E-state index contributed by atoms with van der Waals surface area (Å²) in [6.07, 6.45) is 0. The summed E-state index contributed by atoms with van der Waals surface area (Å²) in [5.41, 5.74) is -0.189. The molecule has 0 aliphatic carbocycles. The highest BCUT2D eigenvalue weighted by Crippen LogP contribution is 2.17. The van der Waals surface area contributed by atoms with E-state index in [4.69, 9.17) is 16.3 Å². The minimum Gasteiger partial charge on any atom is -0.493 e. The summed E-state index contributed by atoms with van der Waals surface area (Å²) >= 11 is 7.38. The first kappa shape index (κ1) is 17.2. The lowest BCUT2D eigenvalue weighted by atomic mass is 10.1. The van der Waals surface area contributed by atoms with Gasteiger partial charge in [-0.25, -0.2) is 0 Å². The van der Waals surface area contributed by atoms with Crippen LogP contribution >= 0.6 is 23.4 Å². The lowest BCUT2D eigenvalue weighted by Crippen LogP contribution is -2.44. The molecule has 20 heavy (non-hydrogen) atoms. The number of carbonyl (C=O) groups is 1. The first-order valence-electron chi connectivity index (χ1n) is 6.60. The summed E-state index contributed by atoms with van der Waals surface area (Å²) in [5, 5.41) is 3.58. The molecule has 1 atom stereocenters. The maximum absolute atomic E-state index is 11.9. The van der Waals surface area contributed by atoms with Gasteiger partial charge in [-0.2, -0.15) is 0 Å². The van der Waals surface area contributed by atoms with E-state index in [-0.39, 0.29) is 16.7 Å². The van der Waals surface area contributed by atoms with Gasteiger partial charge in [0.25, 0.3) is 0 Å². The minimum absolute atomic E-state index is 0.0639. The van der Waals surface area contributed by atoms with Gasteiger partial charge in [0.05, 0.1) is 11.9 Å². The fraction of sp³-hybridized carbons (Fsp3) is 0.533. The molecule has 1 rings (SSSR count). The highest BCUT2D eigenvalue weighted by molar-refractivity contribution is 8.00. The number of amides is 1. The molecule has 112 valence electrons. The predicted molar refractivity (Wildman–Crippen MR) is 86.8 cm³/mol. The van der Waals surface area contributed by atoms with E-state index in [1.54, 1.807) is 23.9 Å². The van der Waals surface area contributed by atoms with Gasteiger partial charge in [-0.3, -0.25) is 4.79 Å². The Morgan fingerprint density at radius 2 is 1.95 bits per heavy atom. The first-order valence-corrected chi connectivity index (χ1v) is 8.02. The number of hydrogen-bond donors (Lipinski definition) is 1. The van der Waals surface area contributed by atoms with Gasteiger partial charge in [0.2, 0.25) is 5.91 Å². The number of thioether (sulfide) groups is 1. The van der Waals surface area contributed by atoms with Gasteiger partial charge in [-0.1, -0.05) is 11.6 Å². The maximum Gasteiger partial charge on any atom is 0.233 e. The van der Waals surface area contributed by atoms with E-state index >= 15 is 0 Å². The van der Waals surface area contributed by atoms with E-state index < -0.39 is 0 Å². The van der Waals surface area contributed by atoms with Gasteiger partial charge in [0.15, 0.2) is 0 Å². The average molecular weight is 316 g/mol. The molecule has 0 spiro atoms. The van der Waals surface area contributed by atoms with Crippen molar-refractivity contribution in [2.75, 3.05) is 12.4 Å². The van der Waals surface area contributed by atoms with Crippen LogP contribution in [0.5, 0.6) is 5.75 Å². The number of halogens is 1. The van der Waals surface area contributed by atoms with Crippen molar-refractivity contribution in [1.29, 1.82) is 0 Å².